The lowest BCUT2D eigenvalue weighted by molar-refractivity contribution is 0.625. The number of benzene rings is 1. The molecule has 3 heterocycles. The third kappa shape index (κ3) is 4.89. The fourth-order valence-electron chi connectivity index (χ4n) is 3.50. The van der Waals surface area contributed by atoms with Crippen molar-refractivity contribution in [1.29, 1.82) is 0 Å². The second kappa shape index (κ2) is 9.85. The van der Waals surface area contributed by atoms with E-state index >= 15 is 0 Å². The standard InChI is InChI=1S/C25H24ClFN6/c1-3-18(23-15-30-25(16-29-23)32-9-4-5-21(32)13-28)12-24-17(2)8-10-33(24)31-14-19-11-20(27)6-7-22(19)26/h3-12,15-16,31H,1,13-14,28H2,2H3/b18-12+. The van der Waals surface area contributed by atoms with Gasteiger partial charge in [-0.3, -0.25) is 9.66 Å². The minimum absolute atomic E-state index is 0.325. The SMILES string of the molecule is C=C/C(=C\c1c(C)ccn1NCc1cc(F)ccc1Cl)c1cnc(-n2cccc2CN)cn1. The number of nitrogens with zero attached hydrogens (tertiary/aromatic N) is 4. The zero-order chi connectivity index (χ0) is 23.4. The van der Waals surface area contributed by atoms with Gasteiger partial charge in [0.1, 0.15) is 5.82 Å². The fourth-order valence-corrected chi connectivity index (χ4v) is 3.68. The first-order valence-corrected chi connectivity index (χ1v) is 10.8. The second-order valence-electron chi connectivity index (χ2n) is 7.46. The Hall–Kier alpha value is -3.68. The average molecular weight is 463 g/mol. The van der Waals surface area contributed by atoms with Crippen molar-refractivity contribution in [2.75, 3.05) is 5.43 Å². The molecule has 0 aliphatic heterocycles. The Bertz CT molecular complexity index is 1300. The van der Waals surface area contributed by atoms with Crippen LogP contribution >= 0.6 is 11.6 Å². The number of allylic oxidation sites excluding steroid dienone is 2. The predicted octanol–water partition coefficient (Wildman–Crippen LogP) is 5.10. The summed E-state index contributed by atoms with van der Waals surface area (Å²) in [5.41, 5.74) is 14.2. The van der Waals surface area contributed by atoms with Crippen molar-refractivity contribution in [2.24, 2.45) is 5.73 Å². The lowest BCUT2D eigenvalue weighted by Gasteiger charge is -2.13. The molecule has 0 saturated carbocycles. The lowest BCUT2D eigenvalue weighted by Crippen LogP contribution is -2.15. The van der Waals surface area contributed by atoms with Gasteiger partial charge in [0, 0.05) is 35.2 Å². The highest BCUT2D eigenvalue weighted by molar-refractivity contribution is 6.31. The molecule has 3 aromatic heterocycles. The number of hydrogen-bond donors (Lipinski definition) is 2. The highest BCUT2D eigenvalue weighted by Gasteiger charge is 2.10. The highest BCUT2D eigenvalue weighted by atomic mass is 35.5. The molecular formula is C25H24ClFN6. The van der Waals surface area contributed by atoms with Crippen LogP contribution in [0.4, 0.5) is 4.39 Å². The Labute approximate surface area is 196 Å². The van der Waals surface area contributed by atoms with Crippen LogP contribution in [-0.4, -0.2) is 19.2 Å². The minimum atomic E-state index is -0.325. The molecule has 0 atom stereocenters. The topological polar surface area (TPSA) is 73.7 Å². The maximum atomic E-state index is 13.6. The van der Waals surface area contributed by atoms with Crippen LogP contribution in [0.5, 0.6) is 0 Å². The summed E-state index contributed by atoms with van der Waals surface area (Å²) < 4.78 is 17.4. The van der Waals surface area contributed by atoms with E-state index in [2.05, 4.69) is 22.0 Å². The summed E-state index contributed by atoms with van der Waals surface area (Å²) in [7, 11) is 0. The van der Waals surface area contributed by atoms with Crippen molar-refractivity contribution in [2.45, 2.75) is 20.0 Å². The number of nitrogens with two attached hydrogens (primary N) is 1. The van der Waals surface area contributed by atoms with E-state index < -0.39 is 0 Å². The molecule has 1 aromatic carbocycles. The van der Waals surface area contributed by atoms with Crippen molar-refractivity contribution in [3.8, 4) is 5.82 Å². The van der Waals surface area contributed by atoms with Gasteiger partial charge in [-0.15, -0.1) is 0 Å². The van der Waals surface area contributed by atoms with Crippen molar-refractivity contribution in [1.82, 2.24) is 19.2 Å². The quantitative estimate of drug-likeness (QED) is 0.357. The largest absolute Gasteiger partial charge is 0.325 e. The summed E-state index contributed by atoms with van der Waals surface area (Å²) in [6.07, 6.45) is 11.0. The molecule has 8 heteroatoms. The molecule has 0 fully saturated rings. The molecule has 33 heavy (non-hydrogen) atoms. The zero-order valence-electron chi connectivity index (χ0n) is 18.2. The number of hydrogen-bond acceptors (Lipinski definition) is 4. The van der Waals surface area contributed by atoms with E-state index in [9.17, 15) is 4.39 Å². The summed E-state index contributed by atoms with van der Waals surface area (Å²) in [5, 5.41) is 0.507. The molecule has 4 rings (SSSR count). The van der Waals surface area contributed by atoms with Gasteiger partial charge in [-0.1, -0.05) is 24.3 Å². The Morgan fingerprint density at radius 2 is 2.06 bits per heavy atom. The van der Waals surface area contributed by atoms with Crippen molar-refractivity contribution < 1.29 is 4.39 Å². The van der Waals surface area contributed by atoms with E-state index in [0.717, 1.165) is 22.5 Å². The summed E-state index contributed by atoms with van der Waals surface area (Å²) >= 11 is 6.20. The number of halogens is 2. The van der Waals surface area contributed by atoms with E-state index in [-0.39, 0.29) is 5.82 Å². The van der Waals surface area contributed by atoms with E-state index in [0.29, 0.717) is 35.2 Å². The van der Waals surface area contributed by atoms with E-state index in [1.54, 1.807) is 24.5 Å². The van der Waals surface area contributed by atoms with Crippen molar-refractivity contribution in [3.05, 3.63) is 113 Å². The molecule has 0 unspecified atom stereocenters. The van der Waals surface area contributed by atoms with Crippen LogP contribution in [-0.2, 0) is 13.1 Å². The molecule has 6 nitrogen and oxygen atoms in total. The predicted molar refractivity (Wildman–Crippen MR) is 131 cm³/mol. The Morgan fingerprint density at radius 1 is 1.21 bits per heavy atom. The smallest absolute Gasteiger partial charge is 0.155 e. The van der Waals surface area contributed by atoms with Crippen molar-refractivity contribution in [3.63, 3.8) is 0 Å². The van der Waals surface area contributed by atoms with E-state index in [4.69, 9.17) is 17.3 Å². The summed E-state index contributed by atoms with van der Waals surface area (Å²) in [6, 6.07) is 10.2. The van der Waals surface area contributed by atoms with Crippen molar-refractivity contribution >= 4 is 23.3 Å². The molecule has 168 valence electrons. The minimum Gasteiger partial charge on any atom is -0.325 e. The van der Waals surface area contributed by atoms with Gasteiger partial charge in [-0.2, -0.15) is 0 Å². The molecule has 4 aromatic rings. The maximum absolute atomic E-state index is 13.6. The average Bonchev–Trinajstić information content (AvgIpc) is 3.44. The van der Waals surface area contributed by atoms with Gasteiger partial charge in [0.2, 0.25) is 0 Å². The van der Waals surface area contributed by atoms with Crippen LogP contribution < -0.4 is 11.2 Å². The van der Waals surface area contributed by atoms with Gasteiger partial charge in [0.15, 0.2) is 5.82 Å². The lowest BCUT2D eigenvalue weighted by atomic mass is 10.1. The fraction of sp³-hybridized carbons (Fsp3) is 0.120. The zero-order valence-corrected chi connectivity index (χ0v) is 18.9. The molecule has 0 aliphatic carbocycles. The van der Waals surface area contributed by atoms with Gasteiger partial charge in [-0.05, 0) is 60.5 Å². The summed E-state index contributed by atoms with van der Waals surface area (Å²) in [5.74, 6) is 0.371. The van der Waals surface area contributed by atoms with Gasteiger partial charge < -0.3 is 15.7 Å². The normalized spacial score (nSPS) is 11.6. The van der Waals surface area contributed by atoms with Gasteiger partial charge in [-0.25, -0.2) is 9.37 Å². The second-order valence-corrected chi connectivity index (χ2v) is 7.87. The van der Waals surface area contributed by atoms with Crippen LogP contribution in [0.3, 0.4) is 0 Å². The molecule has 0 spiro atoms. The Kier molecular flexibility index (Phi) is 6.72. The Morgan fingerprint density at radius 3 is 2.79 bits per heavy atom. The van der Waals surface area contributed by atoms with Gasteiger partial charge in [0.25, 0.3) is 0 Å². The summed E-state index contributed by atoms with van der Waals surface area (Å²) in [6.45, 7) is 6.73. The molecule has 0 radical (unpaired) electrons. The molecule has 0 aliphatic rings. The van der Waals surface area contributed by atoms with Crippen LogP contribution in [0.1, 0.15) is 28.2 Å². The number of aryl methyl sites for hydroxylation is 1. The molecule has 3 N–H and O–H groups in total. The van der Waals surface area contributed by atoms with Gasteiger partial charge >= 0.3 is 0 Å². The number of nitrogens with one attached hydrogen (secondary N) is 1. The highest BCUT2D eigenvalue weighted by Crippen LogP contribution is 2.22. The molecule has 0 saturated heterocycles. The third-order valence-corrected chi connectivity index (χ3v) is 5.69. The van der Waals surface area contributed by atoms with E-state index in [1.807, 2.05) is 52.8 Å². The van der Waals surface area contributed by atoms with Crippen LogP contribution in [0, 0.1) is 12.7 Å². The van der Waals surface area contributed by atoms with Crippen LogP contribution in [0.2, 0.25) is 5.02 Å². The Balaban J connectivity index is 1.59. The van der Waals surface area contributed by atoms with Crippen LogP contribution in [0.15, 0.2) is 73.8 Å². The molecular weight excluding hydrogens is 439 g/mol. The van der Waals surface area contributed by atoms with E-state index in [1.165, 1.54) is 12.1 Å². The summed E-state index contributed by atoms with van der Waals surface area (Å²) in [4.78, 5) is 9.13. The monoisotopic (exact) mass is 462 g/mol. The molecule has 0 bridgehead atoms. The first-order valence-electron chi connectivity index (χ1n) is 10.4. The maximum Gasteiger partial charge on any atom is 0.155 e. The first-order chi connectivity index (χ1) is 16.0. The van der Waals surface area contributed by atoms with Gasteiger partial charge in [0.05, 0.1) is 30.3 Å². The van der Waals surface area contributed by atoms with Crippen LogP contribution in [0.25, 0.3) is 17.5 Å². The number of rotatable bonds is 8. The first kappa shape index (κ1) is 22.5. The number of aromatic nitrogens is 4. The molecule has 0 amide bonds. The third-order valence-electron chi connectivity index (χ3n) is 5.32.